The Morgan fingerprint density at radius 2 is 2.43 bits per heavy atom. The summed E-state index contributed by atoms with van der Waals surface area (Å²) in [5.74, 6) is 0.706. The summed E-state index contributed by atoms with van der Waals surface area (Å²) in [4.78, 5) is 6.96. The number of nitrogens with zero attached hydrogens (tertiary/aromatic N) is 1. The zero-order valence-corrected chi connectivity index (χ0v) is 8.71. The normalized spacial score (nSPS) is 14.1. The summed E-state index contributed by atoms with van der Waals surface area (Å²) >= 11 is 0. The van der Waals surface area contributed by atoms with Crippen molar-refractivity contribution in [3.05, 3.63) is 18.2 Å². The molecule has 0 aromatic carbocycles. The van der Waals surface area contributed by atoms with Gasteiger partial charge in [-0.25, -0.2) is 18.5 Å². The monoisotopic (exact) mass is 218 g/mol. The van der Waals surface area contributed by atoms with Gasteiger partial charge in [-0.3, -0.25) is 0 Å². The van der Waals surface area contributed by atoms with Crippen LogP contribution in [0.3, 0.4) is 0 Å². The van der Waals surface area contributed by atoms with E-state index in [4.69, 9.17) is 5.14 Å². The van der Waals surface area contributed by atoms with Gasteiger partial charge in [-0.2, -0.15) is 0 Å². The van der Waals surface area contributed by atoms with Gasteiger partial charge in [-0.05, 0) is 6.92 Å². The Bertz CT molecular complexity index is 359. The zero-order valence-electron chi connectivity index (χ0n) is 7.90. The highest BCUT2D eigenvalue weighted by Gasteiger charge is 2.08. The molecule has 1 atom stereocenters. The van der Waals surface area contributed by atoms with Crippen LogP contribution in [0.2, 0.25) is 0 Å². The van der Waals surface area contributed by atoms with E-state index in [1.807, 2.05) is 6.92 Å². The third-order valence-corrected chi connectivity index (χ3v) is 2.54. The molecule has 14 heavy (non-hydrogen) atoms. The highest BCUT2D eigenvalue weighted by Crippen LogP contribution is 2.03. The molecule has 80 valence electrons. The molecule has 1 aromatic heterocycles. The van der Waals surface area contributed by atoms with Crippen molar-refractivity contribution in [2.75, 3.05) is 12.3 Å². The first-order valence-electron chi connectivity index (χ1n) is 4.22. The van der Waals surface area contributed by atoms with Crippen LogP contribution in [-0.4, -0.2) is 30.7 Å². The molecule has 4 N–H and O–H groups in total. The molecule has 1 rings (SSSR count). The van der Waals surface area contributed by atoms with Crippen molar-refractivity contribution in [1.29, 1.82) is 0 Å². The second-order valence-corrected chi connectivity index (χ2v) is 4.75. The van der Waals surface area contributed by atoms with E-state index in [0.29, 0.717) is 6.54 Å². The van der Waals surface area contributed by atoms with Crippen LogP contribution in [0.1, 0.15) is 18.8 Å². The predicted molar refractivity (Wildman–Crippen MR) is 53.0 cm³/mol. The summed E-state index contributed by atoms with van der Waals surface area (Å²) in [6, 6.07) is -0.00764. The lowest BCUT2D eigenvalue weighted by molar-refractivity contribution is 0.558. The number of hydrogen-bond donors (Lipinski definition) is 3. The van der Waals surface area contributed by atoms with Crippen LogP contribution in [0.25, 0.3) is 0 Å². The number of nitrogens with one attached hydrogen (secondary N) is 2. The van der Waals surface area contributed by atoms with Gasteiger partial charge in [-0.15, -0.1) is 0 Å². The molecule has 0 aliphatic heterocycles. The topological polar surface area (TPSA) is 101 Å². The van der Waals surface area contributed by atoms with Crippen molar-refractivity contribution in [3.63, 3.8) is 0 Å². The highest BCUT2D eigenvalue weighted by molar-refractivity contribution is 7.89. The lowest BCUT2D eigenvalue weighted by Crippen LogP contribution is -2.29. The fraction of sp³-hybridized carbons (Fsp3) is 0.571. The van der Waals surface area contributed by atoms with Gasteiger partial charge in [-0.1, -0.05) is 0 Å². The van der Waals surface area contributed by atoms with E-state index in [2.05, 4.69) is 15.3 Å². The molecule has 0 saturated heterocycles. The number of imidazole rings is 1. The molecule has 0 spiro atoms. The summed E-state index contributed by atoms with van der Waals surface area (Å²) in [7, 11) is -3.38. The maximum absolute atomic E-state index is 10.6. The van der Waals surface area contributed by atoms with Crippen LogP contribution in [0.5, 0.6) is 0 Å². The van der Waals surface area contributed by atoms with Crippen molar-refractivity contribution in [2.45, 2.75) is 13.0 Å². The SMILES string of the molecule is CC(NCCS(N)(=O)=O)c1ncc[nH]1. The molecular weight excluding hydrogens is 204 g/mol. The third-order valence-electron chi connectivity index (χ3n) is 1.77. The quantitative estimate of drug-likeness (QED) is 0.611. The average molecular weight is 218 g/mol. The first-order chi connectivity index (χ1) is 6.49. The van der Waals surface area contributed by atoms with E-state index >= 15 is 0 Å². The van der Waals surface area contributed by atoms with Gasteiger partial charge in [0.05, 0.1) is 11.8 Å². The molecule has 0 amide bonds. The van der Waals surface area contributed by atoms with Gasteiger partial charge in [0, 0.05) is 18.9 Å². The van der Waals surface area contributed by atoms with Crippen molar-refractivity contribution in [2.24, 2.45) is 5.14 Å². The standard InChI is InChI=1S/C7H14N4O2S/c1-6(7-10-2-3-11-7)9-4-5-14(8,12)13/h2-3,6,9H,4-5H2,1H3,(H,10,11)(H2,8,12,13). The second-order valence-electron chi connectivity index (χ2n) is 3.02. The van der Waals surface area contributed by atoms with Crippen LogP contribution in [-0.2, 0) is 10.0 Å². The van der Waals surface area contributed by atoms with Crippen LogP contribution in [0.4, 0.5) is 0 Å². The smallest absolute Gasteiger partial charge is 0.210 e. The molecule has 1 unspecified atom stereocenters. The molecule has 1 aromatic rings. The van der Waals surface area contributed by atoms with Crippen LogP contribution < -0.4 is 10.5 Å². The summed E-state index contributed by atoms with van der Waals surface area (Å²) in [6.45, 7) is 2.21. The number of aromatic nitrogens is 2. The molecule has 6 nitrogen and oxygen atoms in total. The molecule has 0 radical (unpaired) electrons. The minimum Gasteiger partial charge on any atom is -0.347 e. The summed E-state index contributed by atoms with van der Waals surface area (Å²) < 4.78 is 21.2. The van der Waals surface area contributed by atoms with E-state index in [0.717, 1.165) is 5.82 Å². The van der Waals surface area contributed by atoms with Crippen LogP contribution >= 0.6 is 0 Å². The Hall–Kier alpha value is -0.920. The fourth-order valence-corrected chi connectivity index (χ4v) is 1.43. The molecule has 0 aliphatic carbocycles. The molecule has 7 heteroatoms. The van der Waals surface area contributed by atoms with E-state index in [-0.39, 0.29) is 11.8 Å². The van der Waals surface area contributed by atoms with Gasteiger partial charge >= 0.3 is 0 Å². The molecule has 0 bridgehead atoms. The van der Waals surface area contributed by atoms with E-state index in [1.165, 1.54) is 0 Å². The Morgan fingerprint density at radius 1 is 1.71 bits per heavy atom. The van der Waals surface area contributed by atoms with Gasteiger partial charge < -0.3 is 10.3 Å². The van der Waals surface area contributed by atoms with Gasteiger partial charge in [0.1, 0.15) is 5.82 Å². The number of primary sulfonamides is 1. The molecular formula is C7H14N4O2S. The summed E-state index contributed by atoms with van der Waals surface area (Å²) in [6.07, 6.45) is 3.36. The second kappa shape index (κ2) is 4.54. The molecule has 1 heterocycles. The number of aromatic amines is 1. The third kappa shape index (κ3) is 3.86. The largest absolute Gasteiger partial charge is 0.347 e. The van der Waals surface area contributed by atoms with E-state index in [9.17, 15) is 8.42 Å². The Labute approximate surface area is 83.0 Å². The lowest BCUT2D eigenvalue weighted by Gasteiger charge is -2.09. The van der Waals surface area contributed by atoms with Gasteiger partial charge in [0.15, 0.2) is 0 Å². The maximum atomic E-state index is 10.6. The summed E-state index contributed by atoms with van der Waals surface area (Å²) in [5.41, 5.74) is 0. The average Bonchev–Trinajstić information content (AvgIpc) is 2.53. The molecule has 0 fully saturated rings. The van der Waals surface area contributed by atoms with Gasteiger partial charge in [0.25, 0.3) is 0 Å². The minimum atomic E-state index is -3.38. The van der Waals surface area contributed by atoms with E-state index in [1.54, 1.807) is 12.4 Å². The highest BCUT2D eigenvalue weighted by atomic mass is 32.2. The fourth-order valence-electron chi connectivity index (χ4n) is 1.03. The number of nitrogens with two attached hydrogens (primary N) is 1. The molecule has 0 aliphatic rings. The summed E-state index contributed by atoms with van der Waals surface area (Å²) in [5, 5.41) is 7.84. The number of rotatable bonds is 5. The number of H-pyrrole nitrogens is 1. The van der Waals surface area contributed by atoms with Crippen molar-refractivity contribution in [3.8, 4) is 0 Å². The number of hydrogen-bond acceptors (Lipinski definition) is 4. The molecule has 0 saturated carbocycles. The zero-order chi connectivity index (χ0) is 10.6. The first-order valence-corrected chi connectivity index (χ1v) is 5.94. The van der Waals surface area contributed by atoms with Gasteiger partial charge in [0.2, 0.25) is 10.0 Å². The maximum Gasteiger partial charge on any atom is 0.210 e. The van der Waals surface area contributed by atoms with E-state index < -0.39 is 10.0 Å². The minimum absolute atomic E-state index is 0.00764. The van der Waals surface area contributed by atoms with Crippen LogP contribution in [0.15, 0.2) is 12.4 Å². The van der Waals surface area contributed by atoms with Crippen molar-refractivity contribution < 1.29 is 8.42 Å². The van der Waals surface area contributed by atoms with Crippen molar-refractivity contribution >= 4 is 10.0 Å². The predicted octanol–water partition coefficient (Wildman–Crippen LogP) is -0.651. The van der Waals surface area contributed by atoms with Crippen molar-refractivity contribution in [1.82, 2.24) is 15.3 Å². The first kappa shape index (κ1) is 11.2. The Morgan fingerprint density at radius 3 is 2.93 bits per heavy atom. The van der Waals surface area contributed by atoms with Crippen LogP contribution in [0, 0.1) is 0 Å². The Balaban J connectivity index is 2.33. The Kier molecular flexibility index (Phi) is 3.62. The lowest BCUT2D eigenvalue weighted by atomic mass is 10.3. The number of sulfonamides is 1.